The molecule has 0 spiro atoms. The van der Waals surface area contributed by atoms with Crippen LogP contribution >= 0.6 is 43.2 Å². The molecule has 30 heteroatoms. The number of anilines is 1. The first-order chi connectivity index (χ1) is 40.5. The van der Waals surface area contributed by atoms with Gasteiger partial charge in [0.15, 0.2) is 54.3 Å². The minimum atomic E-state index is -2.26. The summed E-state index contributed by atoms with van der Waals surface area (Å²) in [5.74, 6) is -3.60. The topological polar surface area (TPSA) is 327 Å². The number of carbonyl (C=O) groups is 4. The van der Waals surface area contributed by atoms with Crippen LogP contribution in [0.15, 0.2) is 48.3 Å². The predicted molar refractivity (Wildman–Crippen MR) is 314 cm³/mol. The van der Waals surface area contributed by atoms with Gasteiger partial charge in [-0.3, -0.25) is 14.4 Å². The Morgan fingerprint density at radius 2 is 1.58 bits per heavy atom. The van der Waals surface area contributed by atoms with E-state index >= 15 is 4.79 Å². The fourth-order valence-corrected chi connectivity index (χ4v) is 14.6. The van der Waals surface area contributed by atoms with Crippen molar-refractivity contribution >= 4 is 72.6 Å². The number of thioether (sulfide) groups is 1. The zero-order valence-electron chi connectivity index (χ0n) is 49.5. The van der Waals surface area contributed by atoms with E-state index in [4.69, 9.17) is 66.4 Å². The Balaban J connectivity index is 1.19. The van der Waals surface area contributed by atoms with Gasteiger partial charge in [-0.15, -0.1) is 0 Å². The number of ketones is 1. The van der Waals surface area contributed by atoms with E-state index in [0.29, 0.717) is 0 Å². The lowest BCUT2D eigenvalue weighted by Gasteiger charge is -2.53. The maximum Gasteiger partial charge on any atom is 0.407 e. The molecule has 21 atom stereocenters. The van der Waals surface area contributed by atoms with Crippen molar-refractivity contribution in [1.82, 2.24) is 16.1 Å². The van der Waals surface area contributed by atoms with Crippen molar-refractivity contribution < 1.29 is 106 Å². The third-order valence-electron chi connectivity index (χ3n) is 15.5. The number of rotatable bonds is 25. The molecule has 6 aliphatic rings. The number of esters is 1. The van der Waals surface area contributed by atoms with E-state index in [-0.39, 0.29) is 95.2 Å². The van der Waals surface area contributed by atoms with E-state index in [9.17, 15) is 34.8 Å². The zero-order valence-corrected chi connectivity index (χ0v) is 52.8. The quantitative estimate of drug-likeness (QED) is 0.0133. The molecule has 7 rings (SSSR count). The molecule has 0 aromatic heterocycles. The molecule has 1 aromatic carbocycles. The van der Waals surface area contributed by atoms with Crippen molar-refractivity contribution in [3.05, 3.63) is 53.8 Å². The number of methoxy groups -OCH3 is 5. The Morgan fingerprint density at radius 3 is 2.22 bits per heavy atom. The fraction of sp³-hybridized carbons (Fsp3) is 0.709. The standard InChI is InChI=1S/C55H82N4O22S4/c1-24(2)56-32-23-73-39(21-35(32)69-8)79-48-46(62)43(59-81-41-20-33(60)49(82-12)27(5)75-41)25(3)76-53(48)78-34-14-16-55(67)30(15-17-84-85-83-13)42(34)44(58-54(66)72-11)47(63)50(55)80-40-22-38(45(61)26(4)74-40)77-52(65)29-18-36(70-9)37(71-10)19-31(29)57-51(64)28(6)68-7/h14-16,18-19,24-27,32-35,38-46,48-50,53,56,59-62,67H,6,17,20-23H2,1-5,7-13H3,(H,57,64)(H,58,66)/b30-15+/t25-,26+,27-,32+,33+,34?,35+,38+,39+,40?,41?,42?,43-,44?,45?,46+,48-,49-,50-,53+,55-/m1/s1. The highest BCUT2D eigenvalue weighted by Gasteiger charge is 2.62. The van der Waals surface area contributed by atoms with Gasteiger partial charge in [-0.2, -0.15) is 17.2 Å². The molecule has 2 aliphatic carbocycles. The minimum Gasteiger partial charge on any atom is -0.493 e. The van der Waals surface area contributed by atoms with Crippen LogP contribution in [-0.4, -0.2) is 232 Å². The lowest BCUT2D eigenvalue weighted by molar-refractivity contribution is -0.341. The molecule has 4 aliphatic heterocycles. The van der Waals surface area contributed by atoms with Gasteiger partial charge in [-0.05, 0) is 54.8 Å². The summed E-state index contributed by atoms with van der Waals surface area (Å²) in [7, 11) is 11.0. The average molecular weight is 1280 g/mol. The molecule has 26 nitrogen and oxygen atoms in total. The van der Waals surface area contributed by atoms with Crippen molar-refractivity contribution in [3.8, 4) is 11.5 Å². The molecule has 1 aromatic rings. The molecule has 4 heterocycles. The third kappa shape index (κ3) is 16.3. The lowest BCUT2D eigenvalue weighted by Crippen LogP contribution is -2.70. The minimum absolute atomic E-state index is 0.0744. The molecule has 6 unspecified atom stereocenters. The number of hydrogen-bond donors (Lipinski definition) is 8. The zero-order chi connectivity index (χ0) is 62.0. The number of Topliss-reactive ketones (excluding diaryl/α,β-unsaturated/α-hetero) is 1. The van der Waals surface area contributed by atoms with Gasteiger partial charge < -0.3 is 98.0 Å². The van der Waals surface area contributed by atoms with E-state index < -0.39 is 127 Å². The number of alkyl carbamates (subject to hydrolysis) is 1. The van der Waals surface area contributed by atoms with E-state index in [1.165, 1.54) is 95.7 Å². The van der Waals surface area contributed by atoms with E-state index in [0.717, 1.165) is 7.11 Å². The number of nitrogens with one attached hydrogen (secondary N) is 4. The molecule has 1 saturated carbocycles. The van der Waals surface area contributed by atoms with Crippen LogP contribution < -0.4 is 30.9 Å². The van der Waals surface area contributed by atoms with E-state index in [1.54, 1.807) is 20.1 Å². The van der Waals surface area contributed by atoms with Crippen molar-refractivity contribution in [2.24, 2.45) is 5.92 Å². The molecular weight excluding hydrogens is 1200 g/mol. The third-order valence-corrected chi connectivity index (χ3v) is 20.5. The van der Waals surface area contributed by atoms with Crippen LogP contribution in [-0.2, 0) is 66.5 Å². The van der Waals surface area contributed by atoms with Crippen molar-refractivity contribution in [2.75, 3.05) is 65.7 Å². The second-order valence-corrected chi connectivity index (χ2v) is 26.7. The highest BCUT2D eigenvalue weighted by molar-refractivity contribution is 9.09. The summed E-state index contributed by atoms with van der Waals surface area (Å²) >= 11 is 1.49. The van der Waals surface area contributed by atoms with Crippen LogP contribution in [0, 0.1) is 5.92 Å². The molecule has 5 fully saturated rings. The number of benzene rings is 1. The van der Waals surface area contributed by atoms with Crippen LogP contribution in [0.4, 0.5) is 10.5 Å². The number of aliphatic hydroxyl groups is 4. The Morgan fingerprint density at radius 1 is 0.871 bits per heavy atom. The summed E-state index contributed by atoms with van der Waals surface area (Å²) in [4.78, 5) is 61.8. The second-order valence-electron chi connectivity index (χ2n) is 21.3. The maximum atomic E-state index is 15.3. The van der Waals surface area contributed by atoms with Crippen molar-refractivity contribution in [3.63, 3.8) is 0 Å². The van der Waals surface area contributed by atoms with Crippen molar-refractivity contribution in [2.45, 2.75) is 181 Å². The summed E-state index contributed by atoms with van der Waals surface area (Å²) in [6.07, 6.45) is -9.48. The van der Waals surface area contributed by atoms with Gasteiger partial charge in [-0.25, -0.2) is 9.59 Å². The van der Waals surface area contributed by atoms with Gasteiger partial charge >= 0.3 is 12.1 Å². The number of amides is 2. The summed E-state index contributed by atoms with van der Waals surface area (Å²) < 4.78 is 77.7. The number of ether oxygens (including phenoxy) is 13. The largest absolute Gasteiger partial charge is 0.493 e. The molecule has 4 saturated heterocycles. The molecule has 2 amide bonds. The number of carbonyl (C=O) groups excluding carboxylic acids is 4. The van der Waals surface area contributed by atoms with Gasteiger partial charge in [0, 0.05) is 56.2 Å². The fourth-order valence-electron chi connectivity index (χ4n) is 11.3. The predicted octanol–water partition coefficient (Wildman–Crippen LogP) is 3.14. The Bertz CT molecular complexity index is 2510. The summed E-state index contributed by atoms with van der Waals surface area (Å²) in [6.45, 7) is 12.8. The number of hydroxylamine groups is 1. The van der Waals surface area contributed by atoms with Crippen LogP contribution in [0.2, 0.25) is 0 Å². The molecule has 478 valence electrons. The first-order valence-electron chi connectivity index (χ1n) is 27.7. The smallest absolute Gasteiger partial charge is 0.407 e. The molecular formula is C55H82N4O22S4. The van der Waals surface area contributed by atoms with Crippen LogP contribution in [0.1, 0.15) is 64.2 Å². The monoisotopic (exact) mass is 1280 g/mol. The first-order valence-corrected chi connectivity index (χ1v) is 33.0. The van der Waals surface area contributed by atoms with Gasteiger partial charge in [0.2, 0.25) is 0 Å². The number of fused-ring (bicyclic) bond motifs is 2. The number of hydrogen-bond acceptors (Lipinski definition) is 28. The molecule has 8 N–H and O–H groups in total. The summed E-state index contributed by atoms with van der Waals surface area (Å²) in [6, 6.07) is 0.00252. The maximum absolute atomic E-state index is 15.3. The highest BCUT2D eigenvalue weighted by atomic mass is 33.5. The highest BCUT2D eigenvalue weighted by Crippen LogP contribution is 2.48. The Kier molecular flexibility index (Phi) is 25.4. The van der Waals surface area contributed by atoms with E-state index in [1.807, 2.05) is 33.3 Å². The van der Waals surface area contributed by atoms with Gasteiger partial charge in [0.1, 0.15) is 36.1 Å². The summed E-state index contributed by atoms with van der Waals surface area (Å²) in [5, 5.41) is 56.4. The van der Waals surface area contributed by atoms with Gasteiger partial charge in [0.05, 0.1) is 100 Å². The average Bonchev–Trinajstić information content (AvgIpc) is 1.62. The van der Waals surface area contributed by atoms with Gasteiger partial charge in [-0.1, -0.05) is 54.2 Å². The second kappa shape index (κ2) is 31.3. The summed E-state index contributed by atoms with van der Waals surface area (Å²) in [5.41, 5.74) is 0.571. The van der Waals surface area contributed by atoms with E-state index in [2.05, 4.69) is 28.0 Å². The van der Waals surface area contributed by atoms with Crippen LogP contribution in [0.3, 0.4) is 0 Å². The SMILES string of the molecule is C=C(OC)C(=O)Nc1cc(OC)c(OC)cc1C(=O)O[C@H]1CC(O[C@@H]2C(=O)C(NC(=O)OC)C3/C(=C\CSSSC)[C@]2(O)C=CC3O[C@@H]2O[C@H](C)[C@@H](NOC3C[C@H](O)[C@H](SC)[C@@H](C)O3)[C@H](O)[C@H]2O[C@H]2C[C@H](OC)[C@@H](NC(C)C)CO2)O[C@@H](C)C1O. The van der Waals surface area contributed by atoms with Gasteiger partial charge in [0.25, 0.3) is 5.91 Å². The van der Waals surface area contributed by atoms with Crippen molar-refractivity contribution in [1.29, 1.82) is 0 Å². The first kappa shape index (κ1) is 69.0. The molecule has 85 heavy (non-hydrogen) atoms. The van der Waals surface area contributed by atoms with Crippen LogP contribution in [0.25, 0.3) is 0 Å². The Hall–Kier alpha value is -3.48. The van der Waals surface area contributed by atoms with Crippen LogP contribution in [0.5, 0.6) is 11.5 Å². The number of aliphatic hydroxyl groups excluding tert-OH is 3. The molecule has 2 bridgehead atoms. The Labute approximate surface area is 510 Å². The lowest BCUT2D eigenvalue weighted by atomic mass is 9.63. The normalized spacial score (nSPS) is 37.0. The molecule has 0 radical (unpaired) electrons.